The maximum Gasteiger partial charge on any atom is 0.248 e. The molecule has 1 unspecified atom stereocenters. The van der Waals surface area contributed by atoms with Gasteiger partial charge in [0.05, 0.1) is 0 Å². The van der Waals surface area contributed by atoms with Crippen LogP contribution in [-0.4, -0.2) is 59.6 Å². The summed E-state index contributed by atoms with van der Waals surface area (Å²) in [4.78, 5) is 2.53. The van der Waals surface area contributed by atoms with Crippen molar-refractivity contribution in [3.05, 3.63) is 6.20 Å². The number of nitrogens with two attached hydrogens (primary N) is 1. The van der Waals surface area contributed by atoms with Gasteiger partial charge in [0.15, 0.2) is 5.82 Å². The molecule has 8 heteroatoms. The van der Waals surface area contributed by atoms with Crippen molar-refractivity contribution in [3.63, 3.8) is 0 Å². The lowest BCUT2D eigenvalue weighted by molar-refractivity contribution is 0.251. The van der Waals surface area contributed by atoms with Crippen molar-refractivity contribution in [3.8, 4) is 0 Å². The molecule has 1 atom stereocenters. The first-order chi connectivity index (χ1) is 9.48. The lowest BCUT2D eigenvalue weighted by Crippen LogP contribution is -2.37. The van der Waals surface area contributed by atoms with Crippen LogP contribution in [0.25, 0.3) is 0 Å². The van der Waals surface area contributed by atoms with Gasteiger partial charge in [0, 0.05) is 32.4 Å². The standard InChI is InChI=1S/C12H21N5O2S/c1-15-9-11(12(13)14-15)20(18,19)17-7-4-10(8-17)16-5-2-3-6-16/h9-10H,2-8H2,1H3,(H2,13,14). The fraction of sp³-hybridized carbons (Fsp3) is 0.750. The van der Waals surface area contributed by atoms with E-state index in [0.29, 0.717) is 19.1 Å². The second-order valence-electron chi connectivity index (χ2n) is 5.60. The monoisotopic (exact) mass is 299 g/mol. The Bertz CT molecular complexity index is 591. The molecule has 2 aliphatic rings. The first-order valence-electron chi connectivity index (χ1n) is 7.02. The third-order valence-corrected chi connectivity index (χ3v) is 6.10. The molecule has 0 spiro atoms. The summed E-state index contributed by atoms with van der Waals surface area (Å²) < 4.78 is 28.2. The van der Waals surface area contributed by atoms with Gasteiger partial charge in [-0.05, 0) is 32.4 Å². The molecule has 112 valence electrons. The number of rotatable bonds is 3. The fourth-order valence-corrected chi connectivity index (χ4v) is 4.74. The molecule has 3 rings (SSSR count). The van der Waals surface area contributed by atoms with E-state index in [1.165, 1.54) is 23.7 Å². The van der Waals surface area contributed by atoms with Crippen molar-refractivity contribution in [1.29, 1.82) is 0 Å². The minimum Gasteiger partial charge on any atom is -0.381 e. The molecule has 7 nitrogen and oxygen atoms in total. The molecule has 0 aliphatic carbocycles. The molecule has 0 saturated carbocycles. The van der Waals surface area contributed by atoms with Crippen LogP contribution in [0.3, 0.4) is 0 Å². The van der Waals surface area contributed by atoms with Gasteiger partial charge in [0.1, 0.15) is 4.90 Å². The Hall–Kier alpha value is -1.12. The Morgan fingerprint density at radius 1 is 1.30 bits per heavy atom. The fourth-order valence-electron chi connectivity index (χ4n) is 3.16. The average molecular weight is 299 g/mol. The lowest BCUT2D eigenvalue weighted by Gasteiger charge is -2.23. The molecule has 0 aromatic carbocycles. The van der Waals surface area contributed by atoms with Crippen molar-refractivity contribution < 1.29 is 8.42 Å². The predicted molar refractivity (Wildman–Crippen MR) is 75.6 cm³/mol. The molecular weight excluding hydrogens is 278 g/mol. The van der Waals surface area contributed by atoms with Crippen molar-refractivity contribution in [2.75, 3.05) is 31.9 Å². The van der Waals surface area contributed by atoms with E-state index < -0.39 is 10.0 Å². The summed E-state index contributed by atoms with van der Waals surface area (Å²) >= 11 is 0. The summed E-state index contributed by atoms with van der Waals surface area (Å²) in [7, 11) is -1.84. The molecule has 0 bridgehead atoms. The van der Waals surface area contributed by atoms with Crippen molar-refractivity contribution in [1.82, 2.24) is 19.0 Å². The van der Waals surface area contributed by atoms with Gasteiger partial charge in [-0.2, -0.15) is 9.40 Å². The second kappa shape index (κ2) is 5.01. The number of hydrogen-bond acceptors (Lipinski definition) is 5. The minimum atomic E-state index is -3.51. The summed E-state index contributed by atoms with van der Waals surface area (Å²) in [6.07, 6.45) is 4.82. The molecule has 2 fully saturated rings. The number of aryl methyl sites for hydroxylation is 1. The lowest BCUT2D eigenvalue weighted by atomic mass is 10.2. The van der Waals surface area contributed by atoms with Gasteiger partial charge in [0.2, 0.25) is 10.0 Å². The maximum atomic E-state index is 12.6. The van der Waals surface area contributed by atoms with E-state index >= 15 is 0 Å². The van der Waals surface area contributed by atoms with Gasteiger partial charge in [-0.1, -0.05) is 0 Å². The summed E-state index contributed by atoms with van der Waals surface area (Å²) in [6, 6.07) is 0.352. The van der Waals surface area contributed by atoms with Crippen LogP contribution >= 0.6 is 0 Å². The molecule has 2 saturated heterocycles. The molecule has 0 amide bonds. The Kier molecular flexibility index (Phi) is 3.47. The Labute approximate surface area is 119 Å². The molecular formula is C12H21N5O2S. The zero-order valence-electron chi connectivity index (χ0n) is 11.7. The third kappa shape index (κ3) is 2.32. The predicted octanol–water partition coefficient (Wildman–Crippen LogP) is -0.139. The summed E-state index contributed by atoms with van der Waals surface area (Å²) in [6.45, 7) is 3.32. The van der Waals surface area contributed by atoms with Crippen LogP contribution in [0.1, 0.15) is 19.3 Å². The summed E-state index contributed by atoms with van der Waals surface area (Å²) in [5.74, 6) is 0.0807. The quantitative estimate of drug-likeness (QED) is 0.840. The molecule has 20 heavy (non-hydrogen) atoms. The normalized spacial score (nSPS) is 25.6. The maximum absolute atomic E-state index is 12.6. The van der Waals surface area contributed by atoms with E-state index in [-0.39, 0.29) is 10.7 Å². The Morgan fingerprint density at radius 2 is 2.00 bits per heavy atom. The topological polar surface area (TPSA) is 84.5 Å². The van der Waals surface area contributed by atoms with Crippen LogP contribution < -0.4 is 5.73 Å². The highest BCUT2D eigenvalue weighted by Gasteiger charge is 2.37. The van der Waals surface area contributed by atoms with Gasteiger partial charge in [-0.25, -0.2) is 8.42 Å². The Morgan fingerprint density at radius 3 is 2.60 bits per heavy atom. The molecule has 2 aliphatic heterocycles. The first kappa shape index (κ1) is 13.8. The van der Waals surface area contributed by atoms with E-state index in [4.69, 9.17) is 5.73 Å². The number of aromatic nitrogens is 2. The Balaban J connectivity index is 1.77. The molecule has 1 aromatic rings. The van der Waals surface area contributed by atoms with Gasteiger partial charge >= 0.3 is 0 Å². The van der Waals surface area contributed by atoms with Crippen LogP contribution in [0.4, 0.5) is 5.82 Å². The van der Waals surface area contributed by atoms with E-state index in [1.54, 1.807) is 11.4 Å². The number of nitrogens with zero attached hydrogens (tertiary/aromatic N) is 4. The first-order valence-corrected chi connectivity index (χ1v) is 8.46. The van der Waals surface area contributed by atoms with E-state index in [2.05, 4.69) is 10.00 Å². The van der Waals surface area contributed by atoms with Crippen LogP contribution in [0.5, 0.6) is 0 Å². The molecule has 3 heterocycles. The van der Waals surface area contributed by atoms with Gasteiger partial charge in [-0.15, -0.1) is 0 Å². The van der Waals surface area contributed by atoms with Crippen molar-refractivity contribution >= 4 is 15.8 Å². The number of hydrogen-bond donors (Lipinski definition) is 1. The summed E-state index contributed by atoms with van der Waals surface area (Å²) in [5.41, 5.74) is 5.70. The number of nitrogen functional groups attached to an aromatic ring is 1. The van der Waals surface area contributed by atoms with Crippen LogP contribution in [0, 0.1) is 0 Å². The van der Waals surface area contributed by atoms with Gasteiger partial charge < -0.3 is 5.73 Å². The molecule has 0 radical (unpaired) electrons. The zero-order valence-corrected chi connectivity index (χ0v) is 12.5. The largest absolute Gasteiger partial charge is 0.381 e. The van der Waals surface area contributed by atoms with Crippen molar-refractivity contribution in [2.45, 2.75) is 30.2 Å². The summed E-state index contributed by atoms with van der Waals surface area (Å²) in [5, 5.41) is 3.92. The van der Waals surface area contributed by atoms with Crippen LogP contribution in [0.15, 0.2) is 11.1 Å². The average Bonchev–Trinajstić information content (AvgIpc) is 3.07. The van der Waals surface area contributed by atoms with Crippen LogP contribution in [0.2, 0.25) is 0 Å². The van der Waals surface area contributed by atoms with E-state index in [0.717, 1.165) is 19.5 Å². The highest BCUT2D eigenvalue weighted by molar-refractivity contribution is 7.89. The number of likely N-dealkylation sites (tertiary alicyclic amines) is 1. The van der Waals surface area contributed by atoms with Crippen LogP contribution in [-0.2, 0) is 17.1 Å². The van der Waals surface area contributed by atoms with Gasteiger partial charge in [-0.3, -0.25) is 9.58 Å². The second-order valence-corrected chi connectivity index (χ2v) is 7.51. The smallest absolute Gasteiger partial charge is 0.248 e. The van der Waals surface area contributed by atoms with E-state index in [9.17, 15) is 8.42 Å². The number of sulfonamides is 1. The molecule has 1 aromatic heterocycles. The molecule has 2 N–H and O–H groups in total. The highest BCUT2D eigenvalue weighted by atomic mass is 32.2. The SMILES string of the molecule is Cn1cc(S(=O)(=O)N2CCC(N3CCCC3)C2)c(N)n1. The highest BCUT2D eigenvalue weighted by Crippen LogP contribution is 2.27. The number of anilines is 1. The van der Waals surface area contributed by atoms with Crippen molar-refractivity contribution in [2.24, 2.45) is 7.05 Å². The van der Waals surface area contributed by atoms with E-state index in [1.807, 2.05) is 0 Å². The minimum absolute atomic E-state index is 0.0807. The zero-order chi connectivity index (χ0) is 14.3. The third-order valence-electron chi connectivity index (χ3n) is 4.22. The van der Waals surface area contributed by atoms with Gasteiger partial charge in [0.25, 0.3) is 0 Å².